The van der Waals surface area contributed by atoms with Crippen molar-refractivity contribution in [2.75, 3.05) is 4.90 Å². The van der Waals surface area contributed by atoms with Gasteiger partial charge < -0.3 is 9.15 Å². The van der Waals surface area contributed by atoms with Crippen LogP contribution in [0.3, 0.4) is 0 Å². The Morgan fingerprint density at radius 3 is 2.30 bits per heavy atom. The van der Waals surface area contributed by atoms with Crippen LogP contribution in [-0.4, -0.2) is 14.4 Å². The molecule has 0 unspecified atom stereocenters. The van der Waals surface area contributed by atoms with Crippen molar-refractivity contribution < 1.29 is 9.15 Å². The number of aromatic nitrogens is 3. The molecule has 0 saturated carbocycles. The van der Waals surface area contributed by atoms with Gasteiger partial charge in [-0.3, -0.25) is 9.30 Å². The van der Waals surface area contributed by atoms with E-state index in [1.54, 1.807) is 0 Å². The van der Waals surface area contributed by atoms with Gasteiger partial charge in [0.15, 0.2) is 5.58 Å². The van der Waals surface area contributed by atoms with Gasteiger partial charge >= 0.3 is 0 Å². The van der Waals surface area contributed by atoms with Crippen molar-refractivity contribution >= 4 is 66.5 Å². The molecule has 0 N–H and O–H groups in total. The number of nitrogens with zero attached hydrogens (tertiary/aromatic N) is 4. The summed E-state index contributed by atoms with van der Waals surface area (Å²) >= 11 is 0. The highest BCUT2D eigenvalue weighted by Gasteiger charge is 2.39. The maximum Gasteiger partial charge on any atom is 0.159 e. The fourth-order valence-electron chi connectivity index (χ4n) is 7.53. The fourth-order valence-corrected chi connectivity index (χ4v) is 7.53. The van der Waals surface area contributed by atoms with Gasteiger partial charge in [-0.2, -0.15) is 0 Å². The van der Waals surface area contributed by atoms with E-state index in [2.05, 4.69) is 102 Å². The summed E-state index contributed by atoms with van der Waals surface area (Å²) in [6.45, 7) is 4.55. The Bertz CT molecular complexity index is 2710. The summed E-state index contributed by atoms with van der Waals surface area (Å²) in [5.74, 6) is 2.30. The van der Waals surface area contributed by atoms with Crippen molar-refractivity contribution in [2.45, 2.75) is 19.3 Å². The second-order valence-electron chi connectivity index (χ2n) is 12.7. The number of fused-ring (bicyclic) bond motifs is 12. The SMILES string of the molecule is CC1(C)c2ccc(Oc3ccc4c5ccccc5n5ccnc5c4c3)cc2N(c2ccccn2)c2c1ccc1c2oc2ccccc21. The molecule has 224 valence electrons. The number of pyridine rings is 2. The average Bonchev–Trinajstić information content (AvgIpc) is 3.75. The Morgan fingerprint density at radius 1 is 0.638 bits per heavy atom. The minimum absolute atomic E-state index is 0.308. The quantitative estimate of drug-likeness (QED) is 0.187. The van der Waals surface area contributed by atoms with Gasteiger partial charge in [0.25, 0.3) is 0 Å². The molecule has 5 aromatic carbocycles. The minimum atomic E-state index is -0.308. The van der Waals surface area contributed by atoms with E-state index < -0.39 is 0 Å². The average molecular weight is 609 g/mol. The van der Waals surface area contributed by atoms with Gasteiger partial charge in [-0.15, -0.1) is 0 Å². The number of furan rings is 1. The van der Waals surface area contributed by atoms with Crippen molar-refractivity contribution in [2.24, 2.45) is 0 Å². The van der Waals surface area contributed by atoms with Gasteiger partial charge in [0.05, 0.1) is 16.9 Å². The first-order chi connectivity index (χ1) is 23.1. The number of para-hydroxylation sites is 2. The molecule has 10 rings (SSSR count). The monoisotopic (exact) mass is 608 g/mol. The zero-order valence-electron chi connectivity index (χ0n) is 25.8. The van der Waals surface area contributed by atoms with Crippen LogP contribution in [0.1, 0.15) is 25.0 Å². The van der Waals surface area contributed by atoms with Crippen LogP contribution < -0.4 is 9.64 Å². The van der Waals surface area contributed by atoms with Gasteiger partial charge in [-0.05, 0) is 65.0 Å². The molecule has 1 aliphatic rings. The van der Waals surface area contributed by atoms with Gasteiger partial charge in [-0.25, -0.2) is 9.97 Å². The van der Waals surface area contributed by atoms with E-state index in [1.807, 2.05) is 55.0 Å². The highest BCUT2D eigenvalue weighted by Crippen LogP contribution is 2.55. The number of hydrogen-bond donors (Lipinski definition) is 0. The zero-order valence-corrected chi connectivity index (χ0v) is 25.8. The molecule has 5 heterocycles. The molecule has 0 bridgehead atoms. The van der Waals surface area contributed by atoms with Crippen molar-refractivity contribution in [3.05, 3.63) is 145 Å². The van der Waals surface area contributed by atoms with E-state index in [0.29, 0.717) is 0 Å². The topological polar surface area (TPSA) is 55.8 Å². The van der Waals surface area contributed by atoms with Crippen LogP contribution in [0.15, 0.2) is 138 Å². The van der Waals surface area contributed by atoms with Crippen molar-refractivity contribution in [1.29, 1.82) is 0 Å². The molecule has 0 atom stereocenters. The van der Waals surface area contributed by atoms with Crippen LogP contribution in [0.4, 0.5) is 17.2 Å². The molecular formula is C41H28N4O2. The summed E-state index contributed by atoms with van der Waals surface area (Å²) in [5.41, 5.74) is 7.83. The molecule has 6 nitrogen and oxygen atoms in total. The van der Waals surface area contributed by atoms with Crippen molar-refractivity contribution in [3.63, 3.8) is 0 Å². The predicted molar refractivity (Wildman–Crippen MR) is 189 cm³/mol. The van der Waals surface area contributed by atoms with E-state index in [9.17, 15) is 0 Å². The summed E-state index contributed by atoms with van der Waals surface area (Å²) in [4.78, 5) is 11.8. The molecule has 0 spiro atoms. The summed E-state index contributed by atoms with van der Waals surface area (Å²) in [7, 11) is 0. The zero-order chi connectivity index (χ0) is 31.3. The van der Waals surface area contributed by atoms with Crippen LogP contribution in [0.25, 0.3) is 49.3 Å². The van der Waals surface area contributed by atoms with Crippen LogP contribution >= 0.6 is 0 Å². The largest absolute Gasteiger partial charge is 0.457 e. The second-order valence-corrected chi connectivity index (χ2v) is 12.7. The normalized spacial score (nSPS) is 13.9. The van der Waals surface area contributed by atoms with Crippen LogP contribution in [0.5, 0.6) is 11.5 Å². The molecule has 0 aliphatic carbocycles. The van der Waals surface area contributed by atoms with Crippen molar-refractivity contribution in [3.8, 4) is 11.5 Å². The molecule has 47 heavy (non-hydrogen) atoms. The van der Waals surface area contributed by atoms with E-state index in [1.165, 1.54) is 16.5 Å². The van der Waals surface area contributed by atoms with E-state index in [4.69, 9.17) is 19.1 Å². The van der Waals surface area contributed by atoms with Crippen LogP contribution in [-0.2, 0) is 5.41 Å². The third kappa shape index (κ3) is 3.66. The number of anilines is 3. The molecular weight excluding hydrogens is 580 g/mol. The summed E-state index contributed by atoms with van der Waals surface area (Å²) in [5, 5.41) is 5.55. The van der Waals surface area contributed by atoms with Gasteiger partial charge in [0.2, 0.25) is 0 Å². The third-order valence-electron chi connectivity index (χ3n) is 9.74. The minimum Gasteiger partial charge on any atom is -0.457 e. The van der Waals surface area contributed by atoms with Gasteiger partial charge in [0.1, 0.15) is 28.5 Å². The van der Waals surface area contributed by atoms with E-state index in [0.717, 1.165) is 72.6 Å². The first-order valence-electron chi connectivity index (χ1n) is 15.8. The van der Waals surface area contributed by atoms with Crippen LogP contribution in [0.2, 0.25) is 0 Å². The van der Waals surface area contributed by atoms with Crippen molar-refractivity contribution in [1.82, 2.24) is 14.4 Å². The lowest BCUT2D eigenvalue weighted by atomic mass is 9.73. The Morgan fingerprint density at radius 2 is 1.40 bits per heavy atom. The van der Waals surface area contributed by atoms with Gasteiger partial charge in [0, 0.05) is 51.6 Å². The molecule has 0 amide bonds. The molecule has 6 heteroatoms. The lowest BCUT2D eigenvalue weighted by Crippen LogP contribution is -2.31. The third-order valence-corrected chi connectivity index (χ3v) is 9.74. The van der Waals surface area contributed by atoms with Crippen LogP contribution in [0, 0.1) is 0 Å². The highest BCUT2D eigenvalue weighted by atomic mass is 16.5. The summed E-state index contributed by atoms with van der Waals surface area (Å²) in [6.07, 6.45) is 5.70. The molecule has 0 radical (unpaired) electrons. The van der Waals surface area contributed by atoms with Gasteiger partial charge in [-0.1, -0.05) is 74.5 Å². The van der Waals surface area contributed by atoms with E-state index in [-0.39, 0.29) is 5.41 Å². The Labute approximate surface area is 270 Å². The molecule has 1 aliphatic heterocycles. The summed E-state index contributed by atoms with van der Waals surface area (Å²) in [6, 6.07) is 39.8. The lowest BCUT2D eigenvalue weighted by molar-refractivity contribution is 0.482. The molecule has 0 saturated heterocycles. The Balaban J connectivity index is 1.16. The predicted octanol–water partition coefficient (Wildman–Crippen LogP) is 10.8. The number of ether oxygens (including phenoxy) is 1. The number of hydrogen-bond acceptors (Lipinski definition) is 5. The fraction of sp³-hybridized carbons (Fsp3) is 0.0732. The molecule has 9 aromatic rings. The Kier molecular flexibility index (Phi) is 5.24. The first-order valence-corrected chi connectivity index (χ1v) is 15.8. The number of rotatable bonds is 3. The Hall–Kier alpha value is -6.14. The number of imidazole rings is 1. The van der Waals surface area contributed by atoms with E-state index >= 15 is 0 Å². The first kappa shape index (κ1) is 26.1. The maximum atomic E-state index is 6.66. The molecule has 0 fully saturated rings. The smallest absolute Gasteiger partial charge is 0.159 e. The summed E-state index contributed by atoms with van der Waals surface area (Å²) < 4.78 is 15.4. The standard InChI is InChI=1S/C41H28N4O2/c1-41(2)32-18-15-26(46-25-14-16-27-28-9-3-5-11-34(28)44-22-21-43-40(44)31(27)23-25)24-35(32)45(37-13-7-8-20-42-37)38-33(41)19-17-30-29-10-4-6-12-36(29)47-39(30)38/h3-24H,1-2H3. The second kappa shape index (κ2) is 9.44. The lowest BCUT2D eigenvalue weighted by Gasteiger charge is -2.41. The number of benzene rings is 5. The highest BCUT2D eigenvalue weighted by molar-refractivity contribution is 6.13. The molecule has 4 aromatic heterocycles. The maximum absolute atomic E-state index is 6.66.